The molecule has 0 rings (SSSR count). The monoisotopic (exact) mass is 232 g/mol. The van der Waals surface area contributed by atoms with Gasteiger partial charge in [-0.25, -0.2) is 0 Å². The van der Waals surface area contributed by atoms with Crippen molar-refractivity contribution in [2.45, 2.75) is 39.9 Å². The third kappa shape index (κ3) is 7.23. The van der Waals surface area contributed by atoms with E-state index in [2.05, 4.69) is 0 Å². The minimum absolute atomic E-state index is 0.0599. The molecule has 0 aromatic heterocycles. The van der Waals surface area contributed by atoms with Crippen molar-refractivity contribution in [1.82, 2.24) is 0 Å². The molecule has 0 saturated heterocycles. The lowest BCUT2D eigenvalue weighted by atomic mass is 10.2. The van der Waals surface area contributed by atoms with E-state index in [9.17, 15) is 9.59 Å². The second-order valence-corrected chi connectivity index (χ2v) is 3.81. The second-order valence-electron chi connectivity index (χ2n) is 3.81. The summed E-state index contributed by atoms with van der Waals surface area (Å²) >= 11 is 0. The van der Waals surface area contributed by atoms with Gasteiger partial charge in [-0.3, -0.25) is 9.59 Å². The molecule has 0 spiro atoms. The molecule has 0 bridgehead atoms. The SMILES string of the molecule is COCCCC(=O)OC(OC(C)=O)C(C)C. The molecule has 1 atom stereocenters. The van der Waals surface area contributed by atoms with Gasteiger partial charge in [0.05, 0.1) is 0 Å². The Kier molecular flexibility index (Phi) is 7.54. The lowest BCUT2D eigenvalue weighted by Gasteiger charge is -2.20. The molecule has 0 heterocycles. The first-order chi connectivity index (χ1) is 7.47. The molecule has 0 N–H and O–H groups in total. The first-order valence-electron chi connectivity index (χ1n) is 5.33. The summed E-state index contributed by atoms with van der Waals surface area (Å²) in [4.78, 5) is 22.1. The summed E-state index contributed by atoms with van der Waals surface area (Å²) < 4.78 is 14.7. The molecule has 16 heavy (non-hydrogen) atoms. The fourth-order valence-electron chi connectivity index (χ4n) is 1.01. The highest BCUT2D eigenvalue weighted by atomic mass is 16.7. The number of ether oxygens (including phenoxy) is 3. The van der Waals surface area contributed by atoms with Crippen molar-refractivity contribution < 1.29 is 23.8 Å². The largest absolute Gasteiger partial charge is 0.425 e. The number of carbonyl (C=O) groups is 2. The summed E-state index contributed by atoms with van der Waals surface area (Å²) in [5, 5.41) is 0. The summed E-state index contributed by atoms with van der Waals surface area (Å²) in [5.41, 5.74) is 0. The van der Waals surface area contributed by atoms with Crippen LogP contribution in [0.25, 0.3) is 0 Å². The zero-order valence-electron chi connectivity index (χ0n) is 10.3. The van der Waals surface area contributed by atoms with Crippen molar-refractivity contribution in [2.75, 3.05) is 13.7 Å². The quantitative estimate of drug-likeness (QED) is 0.378. The van der Waals surface area contributed by atoms with Crippen LogP contribution >= 0.6 is 0 Å². The van der Waals surface area contributed by atoms with Gasteiger partial charge in [-0.15, -0.1) is 0 Å². The number of esters is 2. The predicted octanol–water partition coefficient (Wildman–Crippen LogP) is 1.50. The number of rotatable bonds is 7. The van der Waals surface area contributed by atoms with Crippen LogP contribution in [0.3, 0.4) is 0 Å². The van der Waals surface area contributed by atoms with Gasteiger partial charge >= 0.3 is 11.9 Å². The van der Waals surface area contributed by atoms with E-state index >= 15 is 0 Å². The van der Waals surface area contributed by atoms with Crippen LogP contribution in [0.1, 0.15) is 33.6 Å². The Morgan fingerprint density at radius 3 is 2.25 bits per heavy atom. The van der Waals surface area contributed by atoms with Gasteiger partial charge in [-0.05, 0) is 6.42 Å². The van der Waals surface area contributed by atoms with Gasteiger partial charge in [-0.2, -0.15) is 0 Å². The summed E-state index contributed by atoms with van der Waals surface area (Å²) in [7, 11) is 1.57. The molecule has 0 aromatic rings. The zero-order valence-corrected chi connectivity index (χ0v) is 10.3. The van der Waals surface area contributed by atoms with E-state index < -0.39 is 12.3 Å². The van der Waals surface area contributed by atoms with Crippen LogP contribution in [0, 0.1) is 5.92 Å². The molecule has 94 valence electrons. The molecule has 0 amide bonds. The van der Waals surface area contributed by atoms with E-state index in [4.69, 9.17) is 14.2 Å². The molecule has 0 aliphatic carbocycles. The minimum atomic E-state index is -0.799. The van der Waals surface area contributed by atoms with E-state index in [0.717, 1.165) is 0 Å². The first-order valence-corrected chi connectivity index (χ1v) is 5.33. The molecule has 0 aliphatic rings. The average Bonchev–Trinajstić information content (AvgIpc) is 2.16. The maximum Gasteiger partial charge on any atom is 0.308 e. The topological polar surface area (TPSA) is 61.8 Å². The minimum Gasteiger partial charge on any atom is -0.425 e. The Hall–Kier alpha value is -1.10. The van der Waals surface area contributed by atoms with Gasteiger partial charge in [-0.1, -0.05) is 13.8 Å². The van der Waals surface area contributed by atoms with E-state index in [0.29, 0.717) is 13.0 Å². The Bertz CT molecular complexity index is 224. The second kappa shape index (κ2) is 8.10. The van der Waals surface area contributed by atoms with E-state index in [-0.39, 0.29) is 18.3 Å². The van der Waals surface area contributed by atoms with Crippen LogP contribution in [0.15, 0.2) is 0 Å². The van der Waals surface area contributed by atoms with E-state index in [1.807, 2.05) is 13.8 Å². The maximum absolute atomic E-state index is 11.3. The highest BCUT2D eigenvalue weighted by molar-refractivity contribution is 5.70. The van der Waals surface area contributed by atoms with Gasteiger partial charge in [0.1, 0.15) is 0 Å². The van der Waals surface area contributed by atoms with Crippen molar-refractivity contribution >= 4 is 11.9 Å². The fraction of sp³-hybridized carbons (Fsp3) is 0.818. The lowest BCUT2D eigenvalue weighted by molar-refractivity contribution is -0.194. The Labute approximate surface area is 96.1 Å². The van der Waals surface area contributed by atoms with E-state index in [1.54, 1.807) is 7.11 Å². The van der Waals surface area contributed by atoms with Gasteiger partial charge in [0.15, 0.2) is 0 Å². The van der Waals surface area contributed by atoms with Crippen LogP contribution < -0.4 is 0 Å². The Morgan fingerprint density at radius 2 is 1.81 bits per heavy atom. The molecule has 0 aromatic carbocycles. The Balaban J connectivity index is 3.98. The average molecular weight is 232 g/mol. The van der Waals surface area contributed by atoms with Gasteiger partial charge < -0.3 is 14.2 Å². The van der Waals surface area contributed by atoms with Crippen LogP contribution in [0.4, 0.5) is 0 Å². The van der Waals surface area contributed by atoms with Gasteiger partial charge in [0.25, 0.3) is 0 Å². The molecule has 5 heteroatoms. The molecular formula is C11H20O5. The number of methoxy groups -OCH3 is 1. The molecule has 0 fully saturated rings. The van der Waals surface area contributed by atoms with Crippen LogP contribution in [-0.2, 0) is 23.8 Å². The molecule has 0 aliphatic heterocycles. The third-order valence-corrected chi connectivity index (χ3v) is 1.80. The molecule has 5 nitrogen and oxygen atoms in total. The standard InChI is InChI=1S/C11H20O5/c1-8(2)11(15-9(3)12)16-10(13)6-5-7-14-4/h8,11H,5-7H2,1-4H3. The Morgan fingerprint density at radius 1 is 1.19 bits per heavy atom. The van der Waals surface area contributed by atoms with Crippen LogP contribution in [-0.4, -0.2) is 31.9 Å². The van der Waals surface area contributed by atoms with Crippen LogP contribution in [0.2, 0.25) is 0 Å². The number of hydrogen-bond acceptors (Lipinski definition) is 5. The van der Waals surface area contributed by atoms with Crippen molar-refractivity contribution in [3.05, 3.63) is 0 Å². The molecule has 0 radical (unpaired) electrons. The van der Waals surface area contributed by atoms with Gasteiger partial charge in [0, 0.05) is 33.0 Å². The van der Waals surface area contributed by atoms with Crippen molar-refractivity contribution in [2.24, 2.45) is 5.92 Å². The van der Waals surface area contributed by atoms with Crippen molar-refractivity contribution in [3.8, 4) is 0 Å². The fourth-order valence-corrected chi connectivity index (χ4v) is 1.01. The normalized spacial score (nSPS) is 12.3. The maximum atomic E-state index is 11.3. The lowest BCUT2D eigenvalue weighted by Crippen LogP contribution is -2.28. The smallest absolute Gasteiger partial charge is 0.308 e. The van der Waals surface area contributed by atoms with Crippen molar-refractivity contribution in [3.63, 3.8) is 0 Å². The third-order valence-electron chi connectivity index (χ3n) is 1.80. The molecule has 0 saturated carbocycles. The first kappa shape index (κ1) is 14.9. The highest BCUT2D eigenvalue weighted by Gasteiger charge is 2.20. The molecule has 1 unspecified atom stereocenters. The summed E-state index contributed by atoms with van der Waals surface area (Å²) in [6.07, 6.45) is 0.0611. The molecular weight excluding hydrogens is 212 g/mol. The van der Waals surface area contributed by atoms with Gasteiger partial charge in [0.2, 0.25) is 6.29 Å². The highest BCUT2D eigenvalue weighted by Crippen LogP contribution is 2.10. The van der Waals surface area contributed by atoms with Crippen LogP contribution in [0.5, 0.6) is 0 Å². The summed E-state index contributed by atoms with van der Waals surface area (Å²) in [6.45, 7) is 5.43. The predicted molar refractivity (Wildman–Crippen MR) is 57.6 cm³/mol. The number of hydrogen-bond donors (Lipinski definition) is 0. The summed E-state index contributed by atoms with van der Waals surface area (Å²) in [5.74, 6) is -0.893. The van der Waals surface area contributed by atoms with E-state index in [1.165, 1.54) is 6.92 Å². The number of carbonyl (C=O) groups excluding carboxylic acids is 2. The van der Waals surface area contributed by atoms with Crippen molar-refractivity contribution in [1.29, 1.82) is 0 Å². The summed E-state index contributed by atoms with van der Waals surface area (Å²) in [6, 6.07) is 0. The zero-order chi connectivity index (χ0) is 12.6.